The zero-order valence-corrected chi connectivity index (χ0v) is 8.16. The molecule has 0 radical (unpaired) electrons. The summed E-state index contributed by atoms with van der Waals surface area (Å²) in [4.78, 5) is 24.0. The molecule has 1 aliphatic rings. The highest BCUT2D eigenvalue weighted by Gasteiger charge is 2.46. The molecular formula is C10H13NO3. The van der Waals surface area contributed by atoms with E-state index >= 15 is 0 Å². The van der Waals surface area contributed by atoms with Gasteiger partial charge in [0.1, 0.15) is 0 Å². The Labute approximate surface area is 82.8 Å². The summed E-state index contributed by atoms with van der Waals surface area (Å²) in [5.41, 5.74) is -1.18. The van der Waals surface area contributed by atoms with E-state index in [0.717, 1.165) is 0 Å². The van der Waals surface area contributed by atoms with Gasteiger partial charge in [0.15, 0.2) is 0 Å². The van der Waals surface area contributed by atoms with E-state index in [9.17, 15) is 9.59 Å². The summed E-state index contributed by atoms with van der Waals surface area (Å²) in [6.45, 7) is 8.81. The van der Waals surface area contributed by atoms with Crippen LogP contribution in [-0.4, -0.2) is 28.9 Å². The summed E-state index contributed by atoms with van der Waals surface area (Å²) in [6.07, 6.45) is 3.23. The number of hydrogen-bond acceptors (Lipinski definition) is 3. The van der Waals surface area contributed by atoms with Crippen LogP contribution in [0.25, 0.3) is 0 Å². The largest absolute Gasteiger partial charge is 0.445 e. The normalized spacial score (nSPS) is 26.1. The van der Waals surface area contributed by atoms with E-state index in [2.05, 4.69) is 13.2 Å². The number of esters is 1. The Hall–Kier alpha value is -1.58. The fourth-order valence-corrected chi connectivity index (χ4v) is 1.49. The molecular weight excluding hydrogens is 182 g/mol. The van der Waals surface area contributed by atoms with E-state index in [1.807, 2.05) is 0 Å². The molecule has 1 fully saturated rings. The van der Waals surface area contributed by atoms with E-state index in [-0.39, 0.29) is 5.91 Å². The summed E-state index contributed by atoms with van der Waals surface area (Å²) in [5.74, 6) is -0.762. The number of hydrogen-bond donors (Lipinski definition) is 0. The van der Waals surface area contributed by atoms with Crippen molar-refractivity contribution >= 4 is 11.9 Å². The SMILES string of the molecule is C=CN1CCC(C=C)(OC(C)=O)C1=O. The van der Waals surface area contributed by atoms with E-state index in [1.165, 1.54) is 24.1 Å². The average Bonchev–Trinajstić information content (AvgIpc) is 2.44. The van der Waals surface area contributed by atoms with Crippen LogP contribution in [-0.2, 0) is 14.3 Å². The molecule has 1 amide bonds. The molecule has 0 aliphatic carbocycles. The molecule has 4 heteroatoms. The lowest BCUT2D eigenvalue weighted by Crippen LogP contribution is -2.40. The maximum atomic E-state index is 11.7. The van der Waals surface area contributed by atoms with Gasteiger partial charge in [-0.2, -0.15) is 0 Å². The first-order valence-electron chi connectivity index (χ1n) is 4.32. The Morgan fingerprint density at radius 3 is 2.64 bits per heavy atom. The van der Waals surface area contributed by atoms with Crippen LogP contribution in [0, 0.1) is 0 Å². The van der Waals surface area contributed by atoms with Crippen LogP contribution < -0.4 is 0 Å². The molecule has 1 aliphatic heterocycles. The van der Waals surface area contributed by atoms with Gasteiger partial charge < -0.3 is 9.64 Å². The van der Waals surface area contributed by atoms with Crippen molar-refractivity contribution in [3.8, 4) is 0 Å². The quantitative estimate of drug-likeness (QED) is 0.495. The van der Waals surface area contributed by atoms with Crippen molar-refractivity contribution in [2.24, 2.45) is 0 Å². The number of likely N-dealkylation sites (tertiary alicyclic amines) is 1. The Morgan fingerprint density at radius 1 is 1.64 bits per heavy atom. The topological polar surface area (TPSA) is 46.6 Å². The molecule has 14 heavy (non-hydrogen) atoms. The molecule has 0 aromatic heterocycles. The zero-order valence-electron chi connectivity index (χ0n) is 8.16. The van der Waals surface area contributed by atoms with E-state index in [0.29, 0.717) is 13.0 Å². The molecule has 0 spiro atoms. The van der Waals surface area contributed by atoms with Crippen LogP contribution in [0.15, 0.2) is 25.4 Å². The number of carbonyl (C=O) groups excluding carboxylic acids is 2. The van der Waals surface area contributed by atoms with Gasteiger partial charge in [0.2, 0.25) is 5.60 Å². The number of amides is 1. The van der Waals surface area contributed by atoms with Gasteiger partial charge in [-0.1, -0.05) is 13.2 Å². The highest BCUT2D eigenvalue weighted by atomic mass is 16.6. The molecule has 4 nitrogen and oxygen atoms in total. The molecule has 1 unspecified atom stereocenters. The van der Waals surface area contributed by atoms with Crippen molar-refractivity contribution in [2.45, 2.75) is 18.9 Å². The molecule has 1 saturated heterocycles. The van der Waals surface area contributed by atoms with Gasteiger partial charge in [-0.3, -0.25) is 9.59 Å². The molecule has 1 rings (SSSR count). The summed E-state index contributed by atoms with van der Waals surface area (Å²) in [5, 5.41) is 0. The second-order valence-corrected chi connectivity index (χ2v) is 3.12. The van der Waals surface area contributed by atoms with Crippen molar-refractivity contribution in [1.82, 2.24) is 4.90 Å². The summed E-state index contributed by atoms with van der Waals surface area (Å²) < 4.78 is 5.00. The third kappa shape index (κ3) is 1.55. The highest BCUT2D eigenvalue weighted by Crippen LogP contribution is 2.28. The van der Waals surface area contributed by atoms with E-state index in [1.54, 1.807) is 0 Å². The lowest BCUT2D eigenvalue weighted by atomic mass is 10.0. The predicted octanol–water partition coefficient (Wildman–Crippen LogP) is 0.850. The first kappa shape index (κ1) is 10.5. The Balaban J connectivity index is 2.92. The molecule has 0 N–H and O–H groups in total. The lowest BCUT2D eigenvalue weighted by molar-refractivity contribution is -0.160. The van der Waals surface area contributed by atoms with Crippen LogP contribution in [0.1, 0.15) is 13.3 Å². The third-order valence-electron chi connectivity index (χ3n) is 2.22. The van der Waals surface area contributed by atoms with Gasteiger partial charge >= 0.3 is 5.97 Å². The fourth-order valence-electron chi connectivity index (χ4n) is 1.49. The Kier molecular flexibility index (Phi) is 2.74. The third-order valence-corrected chi connectivity index (χ3v) is 2.22. The molecule has 1 heterocycles. The number of rotatable bonds is 3. The van der Waals surface area contributed by atoms with Crippen molar-refractivity contribution in [2.75, 3.05) is 6.54 Å². The molecule has 0 bridgehead atoms. The number of ether oxygens (including phenoxy) is 1. The standard InChI is InChI=1S/C10H13NO3/c1-4-10(14-8(3)12)6-7-11(5-2)9(10)13/h4-5H,1-2,6-7H2,3H3. The van der Waals surface area contributed by atoms with Crippen molar-refractivity contribution in [3.63, 3.8) is 0 Å². The van der Waals surface area contributed by atoms with Gasteiger partial charge in [0.05, 0.1) is 0 Å². The van der Waals surface area contributed by atoms with Gasteiger partial charge in [0.25, 0.3) is 5.91 Å². The zero-order chi connectivity index (χ0) is 10.8. The van der Waals surface area contributed by atoms with E-state index in [4.69, 9.17) is 4.74 Å². The molecule has 0 aromatic rings. The van der Waals surface area contributed by atoms with Crippen molar-refractivity contribution in [1.29, 1.82) is 0 Å². The van der Waals surface area contributed by atoms with Gasteiger partial charge in [-0.25, -0.2) is 0 Å². The summed E-state index contributed by atoms with van der Waals surface area (Å²) in [7, 11) is 0. The number of nitrogens with zero attached hydrogens (tertiary/aromatic N) is 1. The second-order valence-electron chi connectivity index (χ2n) is 3.12. The Morgan fingerprint density at radius 2 is 2.29 bits per heavy atom. The number of carbonyl (C=O) groups is 2. The lowest BCUT2D eigenvalue weighted by Gasteiger charge is -2.22. The van der Waals surface area contributed by atoms with Gasteiger partial charge in [-0.15, -0.1) is 0 Å². The maximum Gasteiger partial charge on any atom is 0.304 e. The highest BCUT2D eigenvalue weighted by molar-refractivity contribution is 5.92. The molecule has 1 atom stereocenters. The van der Waals surface area contributed by atoms with Crippen molar-refractivity contribution < 1.29 is 14.3 Å². The molecule has 76 valence electrons. The van der Waals surface area contributed by atoms with Gasteiger partial charge in [-0.05, 0) is 12.3 Å². The minimum Gasteiger partial charge on any atom is -0.445 e. The first-order chi connectivity index (χ1) is 6.55. The molecule has 0 saturated carbocycles. The van der Waals surface area contributed by atoms with Crippen LogP contribution >= 0.6 is 0 Å². The van der Waals surface area contributed by atoms with Crippen LogP contribution in [0.2, 0.25) is 0 Å². The Bertz CT molecular complexity index is 298. The van der Waals surface area contributed by atoms with Crippen LogP contribution in [0.5, 0.6) is 0 Å². The van der Waals surface area contributed by atoms with E-state index < -0.39 is 11.6 Å². The first-order valence-corrected chi connectivity index (χ1v) is 4.32. The minimum absolute atomic E-state index is 0.280. The summed E-state index contributed by atoms with van der Waals surface area (Å²) >= 11 is 0. The minimum atomic E-state index is -1.18. The average molecular weight is 195 g/mol. The predicted molar refractivity (Wildman–Crippen MR) is 51.2 cm³/mol. The monoisotopic (exact) mass is 195 g/mol. The van der Waals surface area contributed by atoms with Crippen LogP contribution in [0.3, 0.4) is 0 Å². The summed E-state index contributed by atoms with van der Waals surface area (Å²) in [6, 6.07) is 0. The van der Waals surface area contributed by atoms with Crippen LogP contribution in [0.4, 0.5) is 0 Å². The maximum absolute atomic E-state index is 11.7. The smallest absolute Gasteiger partial charge is 0.304 e. The van der Waals surface area contributed by atoms with Crippen molar-refractivity contribution in [3.05, 3.63) is 25.4 Å². The molecule has 0 aromatic carbocycles. The fraction of sp³-hybridized carbons (Fsp3) is 0.400. The van der Waals surface area contributed by atoms with Gasteiger partial charge in [0, 0.05) is 19.9 Å². The second kappa shape index (κ2) is 3.65.